The fourth-order valence-electron chi connectivity index (χ4n) is 3.03. The van der Waals surface area contributed by atoms with Gasteiger partial charge < -0.3 is 5.32 Å². The molecule has 1 saturated carbocycles. The van der Waals surface area contributed by atoms with Crippen LogP contribution in [0.5, 0.6) is 0 Å². The van der Waals surface area contributed by atoms with Gasteiger partial charge in [-0.05, 0) is 45.4 Å². The number of hydrogen-bond acceptors (Lipinski definition) is 2. The molecule has 0 bridgehead atoms. The standard InChI is InChI=1S/C14H28N2/c1-5-14(6-2)10-15-13(3,4)11-16(14)9-12-7-8-12/h12,15H,5-11H2,1-4H3. The lowest BCUT2D eigenvalue weighted by atomic mass is 9.84. The summed E-state index contributed by atoms with van der Waals surface area (Å²) in [6.45, 7) is 13.1. The lowest BCUT2D eigenvalue weighted by Crippen LogP contribution is -2.68. The van der Waals surface area contributed by atoms with E-state index in [2.05, 4.69) is 37.9 Å². The molecule has 2 heteroatoms. The fourth-order valence-corrected chi connectivity index (χ4v) is 3.03. The molecule has 0 aromatic carbocycles. The van der Waals surface area contributed by atoms with E-state index in [9.17, 15) is 0 Å². The first-order valence-corrected chi connectivity index (χ1v) is 7.01. The molecular formula is C14H28N2. The van der Waals surface area contributed by atoms with Gasteiger partial charge >= 0.3 is 0 Å². The van der Waals surface area contributed by atoms with Crippen LogP contribution in [0, 0.1) is 5.92 Å². The molecule has 0 aromatic heterocycles. The molecule has 0 amide bonds. The quantitative estimate of drug-likeness (QED) is 0.790. The number of piperazine rings is 1. The van der Waals surface area contributed by atoms with Gasteiger partial charge in [0.2, 0.25) is 0 Å². The van der Waals surface area contributed by atoms with Crippen LogP contribution in [-0.2, 0) is 0 Å². The summed E-state index contributed by atoms with van der Waals surface area (Å²) in [5.74, 6) is 1.01. The molecular weight excluding hydrogens is 196 g/mol. The average Bonchev–Trinajstić information content (AvgIpc) is 3.02. The minimum absolute atomic E-state index is 0.294. The van der Waals surface area contributed by atoms with Crippen molar-refractivity contribution in [3.63, 3.8) is 0 Å². The molecule has 0 atom stereocenters. The Morgan fingerprint density at radius 1 is 1.19 bits per heavy atom. The van der Waals surface area contributed by atoms with Gasteiger partial charge in [-0.1, -0.05) is 13.8 Å². The molecule has 16 heavy (non-hydrogen) atoms. The van der Waals surface area contributed by atoms with Crippen molar-refractivity contribution in [2.75, 3.05) is 19.6 Å². The maximum atomic E-state index is 3.73. The van der Waals surface area contributed by atoms with Crippen LogP contribution in [0.4, 0.5) is 0 Å². The normalized spacial score (nSPS) is 29.2. The molecule has 1 N–H and O–H groups in total. The summed E-state index contributed by atoms with van der Waals surface area (Å²) in [5.41, 5.74) is 0.723. The van der Waals surface area contributed by atoms with E-state index in [1.165, 1.54) is 45.3 Å². The predicted molar refractivity (Wildman–Crippen MR) is 69.7 cm³/mol. The smallest absolute Gasteiger partial charge is 0.0329 e. The summed E-state index contributed by atoms with van der Waals surface area (Å²) >= 11 is 0. The molecule has 2 nitrogen and oxygen atoms in total. The second-order valence-electron chi connectivity index (χ2n) is 6.49. The Balaban J connectivity index is 2.09. The van der Waals surface area contributed by atoms with Gasteiger partial charge in [-0.25, -0.2) is 0 Å². The summed E-state index contributed by atoms with van der Waals surface area (Å²) in [5, 5.41) is 3.73. The van der Waals surface area contributed by atoms with Crippen molar-refractivity contribution in [3.05, 3.63) is 0 Å². The molecule has 1 aliphatic carbocycles. The van der Waals surface area contributed by atoms with Gasteiger partial charge in [0.1, 0.15) is 0 Å². The van der Waals surface area contributed by atoms with E-state index in [1.54, 1.807) is 0 Å². The number of nitrogens with zero attached hydrogens (tertiary/aromatic N) is 1. The molecule has 2 aliphatic rings. The first kappa shape index (κ1) is 12.4. The van der Waals surface area contributed by atoms with Gasteiger partial charge in [-0.15, -0.1) is 0 Å². The van der Waals surface area contributed by atoms with Crippen molar-refractivity contribution in [3.8, 4) is 0 Å². The van der Waals surface area contributed by atoms with Crippen LogP contribution in [-0.4, -0.2) is 35.6 Å². The van der Waals surface area contributed by atoms with Crippen molar-refractivity contribution >= 4 is 0 Å². The molecule has 0 spiro atoms. The van der Waals surface area contributed by atoms with E-state index in [-0.39, 0.29) is 0 Å². The van der Waals surface area contributed by atoms with E-state index in [4.69, 9.17) is 0 Å². The lowest BCUT2D eigenvalue weighted by Gasteiger charge is -2.53. The zero-order valence-corrected chi connectivity index (χ0v) is 11.5. The topological polar surface area (TPSA) is 15.3 Å². The molecule has 1 heterocycles. The van der Waals surface area contributed by atoms with Gasteiger partial charge in [-0.3, -0.25) is 4.90 Å². The Bertz CT molecular complexity index is 239. The molecule has 1 saturated heterocycles. The highest BCUT2D eigenvalue weighted by Gasteiger charge is 2.43. The zero-order valence-electron chi connectivity index (χ0n) is 11.5. The Morgan fingerprint density at radius 2 is 1.81 bits per heavy atom. The van der Waals surface area contributed by atoms with Crippen LogP contribution in [0.3, 0.4) is 0 Å². The van der Waals surface area contributed by atoms with Crippen molar-refractivity contribution in [2.45, 2.75) is 64.5 Å². The van der Waals surface area contributed by atoms with Crippen molar-refractivity contribution in [1.82, 2.24) is 10.2 Å². The van der Waals surface area contributed by atoms with Crippen molar-refractivity contribution in [2.24, 2.45) is 5.92 Å². The largest absolute Gasteiger partial charge is 0.309 e. The highest BCUT2D eigenvalue weighted by molar-refractivity contribution is 5.02. The molecule has 0 radical (unpaired) electrons. The van der Waals surface area contributed by atoms with Crippen LogP contribution in [0.15, 0.2) is 0 Å². The van der Waals surface area contributed by atoms with Gasteiger partial charge in [0.25, 0.3) is 0 Å². The van der Waals surface area contributed by atoms with Crippen molar-refractivity contribution in [1.29, 1.82) is 0 Å². The van der Waals surface area contributed by atoms with Gasteiger partial charge in [0, 0.05) is 30.7 Å². The third-order valence-corrected chi connectivity index (χ3v) is 4.64. The Labute approximate surface area is 101 Å². The number of rotatable bonds is 4. The Kier molecular flexibility index (Phi) is 3.33. The molecule has 1 aliphatic heterocycles. The molecule has 2 rings (SSSR count). The average molecular weight is 224 g/mol. The monoisotopic (exact) mass is 224 g/mol. The second-order valence-corrected chi connectivity index (χ2v) is 6.49. The van der Waals surface area contributed by atoms with E-state index in [1.807, 2.05) is 0 Å². The highest BCUT2D eigenvalue weighted by Crippen LogP contribution is 2.36. The summed E-state index contributed by atoms with van der Waals surface area (Å²) in [6.07, 6.45) is 5.49. The summed E-state index contributed by atoms with van der Waals surface area (Å²) in [7, 11) is 0. The summed E-state index contributed by atoms with van der Waals surface area (Å²) < 4.78 is 0. The highest BCUT2D eigenvalue weighted by atomic mass is 15.3. The number of hydrogen-bond donors (Lipinski definition) is 1. The first-order valence-electron chi connectivity index (χ1n) is 7.01. The van der Waals surface area contributed by atoms with Gasteiger partial charge in [-0.2, -0.15) is 0 Å². The second kappa shape index (κ2) is 4.30. The van der Waals surface area contributed by atoms with Crippen LogP contribution in [0.2, 0.25) is 0 Å². The first-order chi connectivity index (χ1) is 7.51. The third kappa shape index (κ3) is 2.43. The Hall–Kier alpha value is -0.0800. The molecule has 94 valence electrons. The summed E-state index contributed by atoms with van der Waals surface area (Å²) in [6, 6.07) is 0. The van der Waals surface area contributed by atoms with E-state index < -0.39 is 0 Å². The maximum Gasteiger partial charge on any atom is 0.0329 e. The minimum Gasteiger partial charge on any atom is -0.309 e. The Morgan fingerprint density at radius 3 is 2.31 bits per heavy atom. The van der Waals surface area contributed by atoms with E-state index in [0.717, 1.165) is 5.92 Å². The van der Waals surface area contributed by atoms with Gasteiger partial charge in [0.05, 0.1) is 0 Å². The molecule has 0 unspecified atom stereocenters. The maximum absolute atomic E-state index is 3.73. The van der Waals surface area contributed by atoms with Gasteiger partial charge in [0.15, 0.2) is 0 Å². The minimum atomic E-state index is 0.294. The SMILES string of the molecule is CCC1(CC)CNC(C)(C)CN1CC1CC1. The zero-order chi connectivity index (χ0) is 11.8. The fraction of sp³-hybridized carbons (Fsp3) is 1.00. The molecule has 0 aromatic rings. The van der Waals surface area contributed by atoms with E-state index in [0.29, 0.717) is 11.1 Å². The van der Waals surface area contributed by atoms with Crippen LogP contribution >= 0.6 is 0 Å². The van der Waals surface area contributed by atoms with Crippen LogP contribution in [0.25, 0.3) is 0 Å². The predicted octanol–water partition coefficient (Wildman–Crippen LogP) is 2.64. The van der Waals surface area contributed by atoms with E-state index >= 15 is 0 Å². The van der Waals surface area contributed by atoms with Crippen LogP contribution in [0.1, 0.15) is 53.4 Å². The van der Waals surface area contributed by atoms with Crippen LogP contribution < -0.4 is 5.32 Å². The van der Waals surface area contributed by atoms with Crippen molar-refractivity contribution < 1.29 is 0 Å². The molecule has 2 fully saturated rings. The third-order valence-electron chi connectivity index (χ3n) is 4.64. The lowest BCUT2D eigenvalue weighted by molar-refractivity contribution is 0.00554. The summed E-state index contributed by atoms with van der Waals surface area (Å²) in [4.78, 5) is 2.79. The number of nitrogens with one attached hydrogen (secondary N) is 1.